The lowest BCUT2D eigenvalue weighted by molar-refractivity contribution is -0.127. The monoisotopic (exact) mass is 545 g/mol. The van der Waals surface area contributed by atoms with Gasteiger partial charge in [-0.2, -0.15) is 0 Å². The van der Waals surface area contributed by atoms with Crippen LogP contribution in [0.4, 0.5) is 16.2 Å². The van der Waals surface area contributed by atoms with Crippen LogP contribution in [-0.4, -0.2) is 48.1 Å². The minimum Gasteiger partial charge on any atom is -0.493 e. The molecular weight excluding hydrogens is 518 g/mol. The Morgan fingerprint density at radius 2 is 1.72 bits per heavy atom. The molecule has 1 saturated heterocycles. The number of amides is 4. The summed E-state index contributed by atoms with van der Waals surface area (Å²) >= 11 is 0.755. The third kappa shape index (κ3) is 7.05. The average Bonchev–Trinajstić information content (AvgIpc) is 3.16. The lowest BCUT2D eigenvalue weighted by Crippen LogP contribution is -2.36. The van der Waals surface area contributed by atoms with E-state index < -0.39 is 23.6 Å². The third-order valence-electron chi connectivity index (χ3n) is 5.74. The molecule has 4 amide bonds. The molecule has 2 N–H and O–H groups in total. The zero-order valence-corrected chi connectivity index (χ0v) is 22.5. The highest BCUT2D eigenvalue weighted by atomic mass is 32.2. The largest absolute Gasteiger partial charge is 0.493 e. The van der Waals surface area contributed by atoms with Crippen LogP contribution in [0.5, 0.6) is 11.5 Å². The van der Waals surface area contributed by atoms with Gasteiger partial charge in [-0.25, -0.2) is 0 Å². The van der Waals surface area contributed by atoms with Crippen molar-refractivity contribution >= 4 is 52.2 Å². The molecule has 0 unspecified atom stereocenters. The van der Waals surface area contributed by atoms with E-state index in [9.17, 15) is 19.2 Å². The fraction of sp³-hybridized carbons (Fsp3) is 0.172. The topological polar surface area (TPSA) is 114 Å². The second-order valence-corrected chi connectivity index (χ2v) is 9.74. The Morgan fingerprint density at radius 1 is 0.923 bits per heavy atom. The van der Waals surface area contributed by atoms with Gasteiger partial charge in [0.25, 0.3) is 17.1 Å². The van der Waals surface area contributed by atoms with E-state index in [1.807, 2.05) is 44.2 Å². The lowest BCUT2D eigenvalue weighted by Gasteiger charge is -2.13. The summed E-state index contributed by atoms with van der Waals surface area (Å²) < 4.78 is 11.0. The number of ether oxygens (including phenoxy) is 2. The molecule has 1 aliphatic rings. The standard InChI is InChI=1S/C29H27N3O6S/c1-18-7-6-9-21(13-18)30-27(34)17-38-23-12-11-20(14-24(23)37-3)15-25-28(35)32(29(36)39-25)16-26(33)31-22-10-5-4-8-19(22)2/h4-15H,16-17H2,1-3H3,(H,30,34)(H,31,33)/b25-15+. The van der Waals surface area contributed by atoms with E-state index in [0.29, 0.717) is 28.4 Å². The van der Waals surface area contributed by atoms with Gasteiger partial charge < -0.3 is 20.1 Å². The predicted molar refractivity (Wildman–Crippen MR) is 151 cm³/mol. The maximum atomic E-state index is 12.9. The van der Waals surface area contributed by atoms with Gasteiger partial charge in [-0.1, -0.05) is 36.4 Å². The lowest BCUT2D eigenvalue weighted by atomic mass is 10.2. The van der Waals surface area contributed by atoms with Crippen LogP contribution in [0.2, 0.25) is 0 Å². The minimum absolute atomic E-state index is 0.178. The average molecular weight is 546 g/mol. The number of carbonyl (C=O) groups excluding carboxylic acids is 4. The summed E-state index contributed by atoms with van der Waals surface area (Å²) in [6, 6.07) is 19.6. The smallest absolute Gasteiger partial charge is 0.294 e. The van der Waals surface area contributed by atoms with Crippen molar-refractivity contribution in [2.45, 2.75) is 13.8 Å². The normalized spacial score (nSPS) is 13.9. The molecule has 0 spiro atoms. The summed E-state index contributed by atoms with van der Waals surface area (Å²) in [4.78, 5) is 51.2. The molecule has 4 rings (SSSR count). The fourth-order valence-electron chi connectivity index (χ4n) is 3.79. The maximum Gasteiger partial charge on any atom is 0.294 e. The zero-order chi connectivity index (χ0) is 27.9. The van der Waals surface area contributed by atoms with Gasteiger partial charge in [0, 0.05) is 11.4 Å². The molecule has 0 bridgehead atoms. The molecule has 0 aliphatic carbocycles. The Balaban J connectivity index is 1.38. The summed E-state index contributed by atoms with van der Waals surface area (Å²) in [7, 11) is 1.46. The van der Waals surface area contributed by atoms with Crippen molar-refractivity contribution in [2.24, 2.45) is 0 Å². The molecule has 1 heterocycles. The van der Waals surface area contributed by atoms with Crippen molar-refractivity contribution < 1.29 is 28.7 Å². The predicted octanol–water partition coefficient (Wildman–Crippen LogP) is 5.00. The Kier molecular flexibility index (Phi) is 8.67. The molecule has 9 nitrogen and oxygen atoms in total. The number of hydrogen-bond acceptors (Lipinski definition) is 7. The Labute approximate surface area is 230 Å². The molecule has 0 atom stereocenters. The van der Waals surface area contributed by atoms with Crippen molar-refractivity contribution in [3.63, 3.8) is 0 Å². The van der Waals surface area contributed by atoms with E-state index in [4.69, 9.17) is 9.47 Å². The second-order valence-electron chi connectivity index (χ2n) is 8.75. The molecule has 1 fully saturated rings. The number of benzene rings is 3. The maximum absolute atomic E-state index is 12.9. The van der Waals surface area contributed by atoms with Gasteiger partial charge in [-0.3, -0.25) is 24.1 Å². The molecule has 0 aromatic heterocycles. The number of hydrogen-bond donors (Lipinski definition) is 2. The molecule has 0 saturated carbocycles. The highest BCUT2D eigenvalue weighted by Gasteiger charge is 2.36. The molecule has 10 heteroatoms. The molecule has 0 radical (unpaired) electrons. The molecular formula is C29H27N3O6S. The quantitative estimate of drug-likeness (QED) is 0.364. The van der Waals surface area contributed by atoms with Crippen LogP contribution < -0.4 is 20.1 Å². The van der Waals surface area contributed by atoms with Gasteiger partial charge >= 0.3 is 0 Å². The third-order valence-corrected chi connectivity index (χ3v) is 6.65. The highest BCUT2D eigenvalue weighted by molar-refractivity contribution is 8.18. The number of nitrogens with one attached hydrogen (secondary N) is 2. The SMILES string of the molecule is COc1cc(/C=C2/SC(=O)N(CC(=O)Nc3ccccc3C)C2=O)ccc1OCC(=O)Nc1cccc(C)c1. The zero-order valence-electron chi connectivity index (χ0n) is 21.6. The summed E-state index contributed by atoms with van der Waals surface area (Å²) in [5.74, 6) is -0.662. The number of thioether (sulfide) groups is 1. The number of carbonyl (C=O) groups is 4. The van der Waals surface area contributed by atoms with Crippen LogP contribution in [0, 0.1) is 13.8 Å². The molecule has 1 aliphatic heterocycles. The highest BCUT2D eigenvalue weighted by Crippen LogP contribution is 2.34. The van der Waals surface area contributed by atoms with Gasteiger partial charge in [-0.05, 0) is 78.7 Å². The van der Waals surface area contributed by atoms with Crippen molar-refractivity contribution in [1.82, 2.24) is 4.90 Å². The van der Waals surface area contributed by atoms with E-state index in [0.717, 1.165) is 27.8 Å². The summed E-state index contributed by atoms with van der Waals surface area (Å²) in [6.07, 6.45) is 1.54. The van der Waals surface area contributed by atoms with Crippen LogP contribution in [0.25, 0.3) is 6.08 Å². The molecule has 3 aromatic rings. The molecule has 3 aromatic carbocycles. The minimum atomic E-state index is -0.558. The van der Waals surface area contributed by atoms with Gasteiger partial charge in [-0.15, -0.1) is 0 Å². The van der Waals surface area contributed by atoms with Crippen LogP contribution in [0.1, 0.15) is 16.7 Å². The van der Waals surface area contributed by atoms with Gasteiger partial charge in [0.1, 0.15) is 6.54 Å². The van der Waals surface area contributed by atoms with Crippen molar-refractivity contribution in [3.8, 4) is 11.5 Å². The van der Waals surface area contributed by atoms with Gasteiger partial charge in [0.2, 0.25) is 5.91 Å². The van der Waals surface area contributed by atoms with Gasteiger partial charge in [0.15, 0.2) is 18.1 Å². The Bertz CT molecular complexity index is 1470. The van der Waals surface area contributed by atoms with Crippen molar-refractivity contribution in [1.29, 1.82) is 0 Å². The Morgan fingerprint density at radius 3 is 2.46 bits per heavy atom. The summed E-state index contributed by atoms with van der Waals surface area (Å²) in [5.41, 5.74) is 3.76. The van der Waals surface area contributed by atoms with Crippen LogP contribution in [-0.2, 0) is 14.4 Å². The fourth-order valence-corrected chi connectivity index (χ4v) is 4.63. The van der Waals surface area contributed by atoms with E-state index in [1.165, 1.54) is 7.11 Å². The first-order chi connectivity index (χ1) is 18.7. The number of imide groups is 1. The first-order valence-corrected chi connectivity index (χ1v) is 12.8. The summed E-state index contributed by atoms with van der Waals surface area (Å²) in [6.45, 7) is 3.16. The second kappa shape index (κ2) is 12.3. The number of para-hydroxylation sites is 1. The van der Waals surface area contributed by atoms with Crippen LogP contribution in [0.15, 0.2) is 71.6 Å². The first kappa shape index (κ1) is 27.5. The van der Waals surface area contributed by atoms with Crippen molar-refractivity contribution in [3.05, 3.63) is 88.3 Å². The molecule has 39 heavy (non-hydrogen) atoms. The van der Waals surface area contributed by atoms with Crippen LogP contribution >= 0.6 is 11.8 Å². The molecule has 200 valence electrons. The number of nitrogens with zero attached hydrogens (tertiary/aromatic N) is 1. The first-order valence-electron chi connectivity index (χ1n) is 12.0. The van der Waals surface area contributed by atoms with Crippen molar-refractivity contribution in [2.75, 3.05) is 30.9 Å². The number of rotatable bonds is 9. The Hall–Kier alpha value is -4.57. The van der Waals surface area contributed by atoms with E-state index in [1.54, 1.807) is 42.5 Å². The summed E-state index contributed by atoms with van der Waals surface area (Å²) in [5, 5.41) is 4.97. The number of anilines is 2. The van der Waals surface area contributed by atoms with E-state index >= 15 is 0 Å². The van der Waals surface area contributed by atoms with Crippen LogP contribution in [0.3, 0.4) is 0 Å². The van der Waals surface area contributed by atoms with E-state index in [-0.39, 0.29) is 17.4 Å². The van der Waals surface area contributed by atoms with E-state index in [2.05, 4.69) is 10.6 Å². The number of aryl methyl sites for hydroxylation is 2. The van der Waals surface area contributed by atoms with Gasteiger partial charge in [0.05, 0.1) is 12.0 Å². The number of methoxy groups -OCH3 is 1.